The molecule has 5 heteroatoms. The van der Waals surface area contributed by atoms with Gasteiger partial charge in [-0.2, -0.15) is 5.53 Å². The zero-order valence-corrected chi connectivity index (χ0v) is 18.0. The summed E-state index contributed by atoms with van der Waals surface area (Å²) in [6.07, 6.45) is 2.84. The molecule has 3 nitrogen and oxygen atoms in total. The lowest BCUT2D eigenvalue weighted by atomic mass is 9.50. The molecule has 2 aromatic carbocycles. The van der Waals surface area contributed by atoms with Gasteiger partial charge in [0.2, 0.25) is 0 Å². The number of hydrazine groups is 2. The van der Waals surface area contributed by atoms with Gasteiger partial charge < -0.3 is 0 Å². The average Bonchev–Trinajstić information content (AvgIpc) is 3.07. The second kappa shape index (κ2) is 7.06. The van der Waals surface area contributed by atoms with Crippen LogP contribution in [-0.2, 0) is 5.41 Å². The molecule has 2 heterocycles. The molecule has 4 rings (SSSR count). The summed E-state index contributed by atoms with van der Waals surface area (Å²) in [7, 11) is 2.03. The number of fused-ring (bicyclic) bond motifs is 3. The molecular formula is C24H31F2N3. The van der Waals surface area contributed by atoms with Crippen LogP contribution in [0.3, 0.4) is 0 Å². The predicted octanol–water partition coefficient (Wildman–Crippen LogP) is 5.73. The first-order chi connectivity index (χ1) is 13.8. The van der Waals surface area contributed by atoms with Crippen molar-refractivity contribution in [1.82, 2.24) is 10.5 Å². The molecule has 0 saturated carbocycles. The maximum absolute atomic E-state index is 14.4. The van der Waals surface area contributed by atoms with Gasteiger partial charge in [-0.1, -0.05) is 39.8 Å². The Balaban J connectivity index is 1.97. The second-order valence-corrected chi connectivity index (χ2v) is 8.74. The minimum Gasteiger partial charge on any atom is -0.289 e. The Morgan fingerprint density at radius 3 is 2.14 bits per heavy atom. The van der Waals surface area contributed by atoms with E-state index in [1.165, 1.54) is 12.1 Å². The van der Waals surface area contributed by atoms with Crippen LogP contribution in [0.4, 0.5) is 14.5 Å². The molecule has 2 aliphatic heterocycles. The maximum atomic E-state index is 14.4. The summed E-state index contributed by atoms with van der Waals surface area (Å²) in [4.78, 5) is 0. The third-order valence-electron chi connectivity index (χ3n) is 7.89. The fourth-order valence-electron chi connectivity index (χ4n) is 6.23. The first-order valence-electron chi connectivity index (χ1n) is 10.7. The Hall–Kier alpha value is -1.98. The molecular weight excluding hydrogens is 368 g/mol. The van der Waals surface area contributed by atoms with E-state index >= 15 is 0 Å². The molecule has 0 aromatic heterocycles. The average molecular weight is 400 g/mol. The highest BCUT2D eigenvalue weighted by atomic mass is 19.1. The van der Waals surface area contributed by atoms with Crippen molar-refractivity contribution in [3.63, 3.8) is 0 Å². The highest BCUT2D eigenvalue weighted by Gasteiger charge is 2.61. The Morgan fingerprint density at radius 1 is 0.931 bits per heavy atom. The van der Waals surface area contributed by atoms with Crippen molar-refractivity contribution in [2.24, 2.45) is 5.41 Å². The summed E-state index contributed by atoms with van der Waals surface area (Å²) in [5.41, 5.74) is 6.47. The number of rotatable bonds is 4. The Bertz CT molecular complexity index is 893. The topological polar surface area (TPSA) is 18.5 Å². The molecule has 29 heavy (non-hydrogen) atoms. The first-order valence-corrected chi connectivity index (χ1v) is 10.7. The van der Waals surface area contributed by atoms with Crippen LogP contribution in [0.2, 0.25) is 0 Å². The highest BCUT2D eigenvalue weighted by Crippen LogP contribution is 2.62. The van der Waals surface area contributed by atoms with Gasteiger partial charge in [-0.25, -0.2) is 13.8 Å². The number of hydrogen-bond acceptors (Lipinski definition) is 3. The van der Waals surface area contributed by atoms with Gasteiger partial charge in [-0.05, 0) is 60.7 Å². The normalized spacial score (nSPS) is 28.3. The molecule has 0 aliphatic carbocycles. The molecule has 1 fully saturated rings. The third kappa shape index (κ3) is 2.67. The molecule has 3 atom stereocenters. The molecule has 0 spiro atoms. The number of benzene rings is 2. The number of hydrogen-bond donors (Lipinski definition) is 1. The lowest BCUT2D eigenvalue weighted by Gasteiger charge is -2.59. The SMILES string of the molecule is CCC1(CC)c2cc(F)ccc2N2NN(C)C(c3ccc(F)cc3)C2C1(C)CC. The van der Waals surface area contributed by atoms with Gasteiger partial charge in [-0.3, -0.25) is 5.01 Å². The Labute approximate surface area is 172 Å². The minimum atomic E-state index is -0.224. The number of anilines is 1. The van der Waals surface area contributed by atoms with E-state index in [0.717, 1.165) is 36.1 Å². The van der Waals surface area contributed by atoms with Gasteiger partial charge in [0.25, 0.3) is 0 Å². The first kappa shape index (κ1) is 20.3. The summed E-state index contributed by atoms with van der Waals surface area (Å²) >= 11 is 0. The van der Waals surface area contributed by atoms with E-state index in [0.29, 0.717) is 0 Å². The summed E-state index contributed by atoms with van der Waals surface area (Å²) < 4.78 is 28.0. The summed E-state index contributed by atoms with van der Waals surface area (Å²) in [5, 5.41) is 4.33. The number of nitrogens with zero attached hydrogens (tertiary/aromatic N) is 2. The zero-order chi connectivity index (χ0) is 21.0. The van der Waals surface area contributed by atoms with Crippen molar-refractivity contribution in [2.45, 2.75) is 64.5 Å². The zero-order valence-electron chi connectivity index (χ0n) is 18.0. The van der Waals surface area contributed by atoms with E-state index in [1.54, 1.807) is 12.1 Å². The van der Waals surface area contributed by atoms with Crippen molar-refractivity contribution in [3.8, 4) is 0 Å². The molecule has 1 saturated heterocycles. The smallest absolute Gasteiger partial charge is 0.123 e. The van der Waals surface area contributed by atoms with E-state index in [-0.39, 0.29) is 34.5 Å². The van der Waals surface area contributed by atoms with Crippen LogP contribution in [0, 0.1) is 17.0 Å². The summed E-state index contributed by atoms with van der Waals surface area (Å²) in [6.45, 7) is 9.03. The minimum absolute atomic E-state index is 0.0521. The maximum Gasteiger partial charge on any atom is 0.123 e. The molecule has 156 valence electrons. The molecule has 2 aliphatic rings. The van der Waals surface area contributed by atoms with Crippen LogP contribution in [0.5, 0.6) is 0 Å². The number of likely N-dealkylation sites (N-methyl/N-ethyl adjacent to an activating group) is 1. The van der Waals surface area contributed by atoms with E-state index in [9.17, 15) is 8.78 Å². The number of nitrogens with one attached hydrogen (secondary N) is 1. The Kier molecular flexibility index (Phi) is 4.94. The summed E-state index contributed by atoms with van der Waals surface area (Å²) in [6, 6.07) is 12.2. The van der Waals surface area contributed by atoms with E-state index in [4.69, 9.17) is 0 Å². The second-order valence-electron chi connectivity index (χ2n) is 8.74. The number of halogens is 2. The molecule has 0 radical (unpaired) electrons. The van der Waals surface area contributed by atoms with E-state index in [2.05, 4.69) is 43.2 Å². The van der Waals surface area contributed by atoms with Crippen LogP contribution in [0.1, 0.15) is 64.1 Å². The van der Waals surface area contributed by atoms with Crippen molar-refractivity contribution in [1.29, 1.82) is 0 Å². The quantitative estimate of drug-likeness (QED) is 0.708. The molecule has 3 unspecified atom stereocenters. The van der Waals surface area contributed by atoms with Crippen LogP contribution >= 0.6 is 0 Å². The van der Waals surface area contributed by atoms with Crippen LogP contribution in [0.15, 0.2) is 42.5 Å². The fourth-order valence-corrected chi connectivity index (χ4v) is 6.23. The molecule has 2 aromatic rings. The van der Waals surface area contributed by atoms with Crippen molar-refractivity contribution in [2.75, 3.05) is 12.1 Å². The van der Waals surface area contributed by atoms with Crippen molar-refractivity contribution in [3.05, 3.63) is 65.2 Å². The highest BCUT2D eigenvalue weighted by molar-refractivity contribution is 5.63. The van der Waals surface area contributed by atoms with Crippen LogP contribution < -0.4 is 10.5 Å². The standard InChI is InChI=1S/C24H31F2N3/c1-6-23(4)22-21(16-9-11-17(25)12-10-16)28(5)27-29(22)20-14-13-18(26)15-19(20)24(23,7-2)8-3/h9-15,21-22,27H,6-8H2,1-5H3. The van der Waals surface area contributed by atoms with E-state index in [1.807, 2.05) is 25.2 Å². The lowest BCUT2D eigenvalue weighted by Crippen LogP contribution is -2.61. The van der Waals surface area contributed by atoms with Gasteiger partial charge in [-0.15, -0.1) is 0 Å². The van der Waals surface area contributed by atoms with Gasteiger partial charge in [0, 0.05) is 17.9 Å². The van der Waals surface area contributed by atoms with Crippen molar-refractivity contribution >= 4 is 5.69 Å². The van der Waals surface area contributed by atoms with E-state index < -0.39 is 0 Å². The van der Waals surface area contributed by atoms with Gasteiger partial charge in [0.15, 0.2) is 0 Å². The van der Waals surface area contributed by atoms with Gasteiger partial charge >= 0.3 is 0 Å². The van der Waals surface area contributed by atoms with Crippen LogP contribution in [-0.4, -0.2) is 18.1 Å². The largest absolute Gasteiger partial charge is 0.289 e. The Morgan fingerprint density at radius 2 is 1.55 bits per heavy atom. The molecule has 1 N–H and O–H groups in total. The third-order valence-corrected chi connectivity index (χ3v) is 7.89. The van der Waals surface area contributed by atoms with Gasteiger partial charge in [0.1, 0.15) is 11.6 Å². The predicted molar refractivity (Wildman–Crippen MR) is 113 cm³/mol. The van der Waals surface area contributed by atoms with Crippen LogP contribution in [0.25, 0.3) is 0 Å². The van der Waals surface area contributed by atoms with Gasteiger partial charge in [0.05, 0.1) is 17.8 Å². The molecule has 0 bridgehead atoms. The summed E-state index contributed by atoms with van der Waals surface area (Å²) in [5.74, 6) is -0.409. The molecule has 0 amide bonds. The monoisotopic (exact) mass is 399 g/mol. The lowest BCUT2D eigenvalue weighted by molar-refractivity contribution is 0.0559. The van der Waals surface area contributed by atoms with Crippen molar-refractivity contribution < 1.29 is 8.78 Å². The fraction of sp³-hybridized carbons (Fsp3) is 0.500.